The third-order valence-corrected chi connectivity index (χ3v) is 5.33. The lowest BCUT2D eigenvalue weighted by Gasteiger charge is -2.19. The van der Waals surface area contributed by atoms with E-state index in [9.17, 15) is 10.1 Å². The maximum absolute atomic E-state index is 13.2. The van der Waals surface area contributed by atoms with Crippen LogP contribution in [0.5, 0.6) is 0 Å². The normalized spacial score (nSPS) is 11.8. The van der Waals surface area contributed by atoms with Crippen LogP contribution in [0.3, 0.4) is 0 Å². The molecule has 0 unspecified atom stereocenters. The molecule has 0 spiro atoms. The fourth-order valence-corrected chi connectivity index (χ4v) is 3.76. The first-order chi connectivity index (χ1) is 14.9. The Morgan fingerprint density at radius 2 is 2.03 bits per heavy atom. The Kier molecular flexibility index (Phi) is 5.45. The van der Waals surface area contributed by atoms with Gasteiger partial charge in [0.15, 0.2) is 11.1 Å². The lowest BCUT2D eigenvalue weighted by atomic mass is 9.99. The molecule has 0 saturated carbocycles. The van der Waals surface area contributed by atoms with E-state index in [0.717, 1.165) is 16.7 Å². The molecule has 0 amide bonds. The van der Waals surface area contributed by atoms with E-state index in [4.69, 9.17) is 16.0 Å². The number of hydrogen-bond acceptors (Lipinski definition) is 6. The summed E-state index contributed by atoms with van der Waals surface area (Å²) >= 11 is 5.91. The van der Waals surface area contributed by atoms with Crippen LogP contribution in [0.1, 0.15) is 35.3 Å². The molecule has 4 rings (SSSR count). The first kappa shape index (κ1) is 20.6. The highest BCUT2D eigenvalue weighted by atomic mass is 35.5. The number of aromatic nitrogens is 2. The molecule has 1 N–H and O–H groups in total. The average Bonchev–Trinajstić information content (AvgIpc) is 2.77. The summed E-state index contributed by atoms with van der Waals surface area (Å²) in [6.07, 6.45) is 3.34. The maximum Gasteiger partial charge on any atom is 0.196 e. The molecule has 3 heterocycles. The number of nitrogens with one attached hydrogen (secondary N) is 1. The van der Waals surface area contributed by atoms with Gasteiger partial charge >= 0.3 is 0 Å². The smallest absolute Gasteiger partial charge is 0.196 e. The number of halogens is 1. The van der Waals surface area contributed by atoms with Crippen LogP contribution in [-0.2, 0) is 0 Å². The van der Waals surface area contributed by atoms with E-state index >= 15 is 0 Å². The molecule has 0 saturated heterocycles. The van der Waals surface area contributed by atoms with Crippen molar-refractivity contribution in [3.63, 3.8) is 0 Å². The van der Waals surface area contributed by atoms with E-state index in [1.54, 1.807) is 37.5 Å². The molecule has 0 bridgehead atoms. The van der Waals surface area contributed by atoms with Crippen molar-refractivity contribution in [1.82, 2.24) is 9.97 Å². The summed E-state index contributed by atoms with van der Waals surface area (Å²) in [6.45, 7) is 5.63. The molecular weight excluding hydrogens is 412 g/mol. The van der Waals surface area contributed by atoms with Crippen molar-refractivity contribution in [1.29, 1.82) is 5.26 Å². The Morgan fingerprint density at radius 1 is 1.23 bits per heavy atom. The monoisotopic (exact) mass is 430 g/mol. The quantitative estimate of drug-likeness (QED) is 0.426. The highest BCUT2D eigenvalue weighted by Crippen LogP contribution is 2.32. The first-order valence-electron chi connectivity index (χ1n) is 9.70. The summed E-state index contributed by atoms with van der Waals surface area (Å²) in [5.41, 5.74) is 4.18. The number of fused-ring (bicyclic) bond motifs is 1. The summed E-state index contributed by atoms with van der Waals surface area (Å²) in [5.74, 6) is 0.494. The van der Waals surface area contributed by atoms with Crippen molar-refractivity contribution >= 4 is 28.3 Å². The van der Waals surface area contributed by atoms with Gasteiger partial charge in [-0.3, -0.25) is 9.78 Å². The molecule has 0 radical (unpaired) electrons. The van der Waals surface area contributed by atoms with Crippen molar-refractivity contribution in [3.8, 4) is 17.4 Å². The molecular formula is C24H19ClN4O2. The van der Waals surface area contributed by atoms with Gasteiger partial charge in [-0.05, 0) is 56.7 Å². The van der Waals surface area contributed by atoms with Gasteiger partial charge in [0.05, 0.1) is 17.1 Å². The predicted octanol–water partition coefficient (Wildman–Crippen LogP) is 5.57. The van der Waals surface area contributed by atoms with Gasteiger partial charge in [-0.15, -0.1) is 0 Å². The Labute approximate surface area is 184 Å². The van der Waals surface area contributed by atoms with Crippen molar-refractivity contribution in [2.45, 2.75) is 26.8 Å². The molecule has 31 heavy (non-hydrogen) atoms. The van der Waals surface area contributed by atoms with Crippen LogP contribution in [-0.4, -0.2) is 9.97 Å². The van der Waals surface area contributed by atoms with Crippen LogP contribution in [0.4, 0.5) is 5.69 Å². The average molecular weight is 431 g/mol. The second-order valence-electron chi connectivity index (χ2n) is 7.37. The van der Waals surface area contributed by atoms with Crippen molar-refractivity contribution in [2.75, 3.05) is 5.32 Å². The first-order valence-corrected chi connectivity index (χ1v) is 10.1. The fourth-order valence-electron chi connectivity index (χ4n) is 3.61. The molecule has 1 aromatic carbocycles. The van der Waals surface area contributed by atoms with Gasteiger partial charge in [-0.1, -0.05) is 17.7 Å². The van der Waals surface area contributed by atoms with E-state index in [-0.39, 0.29) is 22.3 Å². The van der Waals surface area contributed by atoms with E-state index in [2.05, 4.69) is 21.4 Å². The summed E-state index contributed by atoms with van der Waals surface area (Å²) in [6, 6.07) is 12.6. The van der Waals surface area contributed by atoms with Gasteiger partial charge in [-0.2, -0.15) is 5.26 Å². The van der Waals surface area contributed by atoms with E-state index in [1.165, 1.54) is 0 Å². The van der Waals surface area contributed by atoms with Gasteiger partial charge in [-0.25, -0.2) is 4.98 Å². The number of nitriles is 1. The molecule has 154 valence electrons. The predicted molar refractivity (Wildman–Crippen MR) is 121 cm³/mol. The largest absolute Gasteiger partial charge is 0.455 e. The number of pyridine rings is 2. The summed E-state index contributed by atoms with van der Waals surface area (Å²) in [7, 11) is 0. The molecule has 1 atom stereocenters. The van der Waals surface area contributed by atoms with E-state index < -0.39 is 0 Å². The topological polar surface area (TPSA) is 91.8 Å². The highest BCUT2D eigenvalue weighted by Gasteiger charge is 2.19. The minimum atomic E-state index is -0.273. The van der Waals surface area contributed by atoms with Crippen molar-refractivity contribution in [3.05, 3.63) is 86.6 Å². The highest BCUT2D eigenvalue weighted by molar-refractivity contribution is 6.29. The molecule has 7 heteroatoms. The Balaban J connectivity index is 1.89. The lowest BCUT2D eigenvalue weighted by Crippen LogP contribution is -2.13. The van der Waals surface area contributed by atoms with Crippen molar-refractivity contribution in [2.24, 2.45) is 0 Å². The fraction of sp³-hybridized carbons (Fsp3) is 0.167. The zero-order valence-corrected chi connectivity index (χ0v) is 18.0. The number of anilines is 1. The zero-order valence-electron chi connectivity index (χ0n) is 17.2. The molecule has 3 aromatic heterocycles. The zero-order chi connectivity index (χ0) is 22.1. The number of aryl methyl sites for hydroxylation is 1. The second kappa shape index (κ2) is 8.21. The molecule has 0 aliphatic heterocycles. The molecule has 6 nitrogen and oxygen atoms in total. The number of rotatable bonds is 4. The molecule has 0 fully saturated rings. The third kappa shape index (κ3) is 3.88. The SMILES string of the molecule is Cc1cc([C@@H](C)Nc2ccc(Cl)nc2C#N)c2oc(-c3cccnc3)c(C)c(=O)c2c1. The van der Waals surface area contributed by atoms with Gasteiger partial charge in [0, 0.05) is 29.1 Å². The van der Waals surface area contributed by atoms with Crippen LogP contribution in [0.25, 0.3) is 22.3 Å². The van der Waals surface area contributed by atoms with Crippen LogP contribution >= 0.6 is 11.6 Å². The van der Waals surface area contributed by atoms with Gasteiger partial charge in [0.2, 0.25) is 0 Å². The van der Waals surface area contributed by atoms with Crippen LogP contribution in [0.2, 0.25) is 5.15 Å². The third-order valence-electron chi connectivity index (χ3n) is 5.12. The lowest BCUT2D eigenvalue weighted by molar-refractivity contribution is 0.605. The Hall–Kier alpha value is -3.69. The van der Waals surface area contributed by atoms with Gasteiger partial charge in [0.25, 0.3) is 0 Å². The minimum absolute atomic E-state index is 0.0804. The summed E-state index contributed by atoms with van der Waals surface area (Å²) < 4.78 is 6.30. The number of benzene rings is 1. The van der Waals surface area contributed by atoms with Crippen LogP contribution in [0, 0.1) is 25.2 Å². The summed E-state index contributed by atoms with van der Waals surface area (Å²) in [5, 5.41) is 13.5. The van der Waals surface area contributed by atoms with Gasteiger partial charge in [0.1, 0.15) is 22.6 Å². The number of hydrogen-bond donors (Lipinski definition) is 1. The molecule has 4 aromatic rings. The van der Waals surface area contributed by atoms with Crippen LogP contribution < -0.4 is 10.7 Å². The van der Waals surface area contributed by atoms with Gasteiger partial charge < -0.3 is 9.73 Å². The minimum Gasteiger partial charge on any atom is -0.455 e. The van der Waals surface area contributed by atoms with Crippen molar-refractivity contribution < 1.29 is 4.42 Å². The van der Waals surface area contributed by atoms with Crippen LogP contribution in [0.15, 0.2) is 58.0 Å². The Bertz CT molecular complexity index is 1390. The second-order valence-corrected chi connectivity index (χ2v) is 7.75. The Morgan fingerprint density at radius 3 is 2.74 bits per heavy atom. The standard InChI is InChI=1S/C24H19ClN4O2/c1-13-9-17(15(3)28-19-6-7-21(25)29-20(19)11-26)24-18(10-13)22(30)14(2)23(31-24)16-5-4-8-27-12-16/h4-10,12,15,28H,1-3H3/t15-/m1/s1. The maximum atomic E-state index is 13.2. The molecule has 0 aliphatic carbocycles. The molecule has 0 aliphatic rings. The number of nitrogens with zero attached hydrogens (tertiary/aromatic N) is 3. The van der Waals surface area contributed by atoms with E-state index in [0.29, 0.717) is 28.0 Å². The summed E-state index contributed by atoms with van der Waals surface area (Å²) in [4.78, 5) is 21.4. The van der Waals surface area contributed by atoms with E-state index in [1.807, 2.05) is 32.0 Å².